The Balaban J connectivity index is 1.32. The summed E-state index contributed by atoms with van der Waals surface area (Å²) in [5.41, 5.74) is 3.69. The largest absolute Gasteiger partial charge is 0.506 e. The lowest BCUT2D eigenvalue weighted by atomic mass is 9.82. The van der Waals surface area contributed by atoms with Gasteiger partial charge in [-0.2, -0.15) is 0 Å². The smallest absolute Gasteiger partial charge is 0.134 e. The first kappa shape index (κ1) is 22.8. The molecule has 32 heavy (non-hydrogen) atoms. The summed E-state index contributed by atoms with van der Waals surface area (Å²) in [6.45, 7) is 6.94. The molecule has 1 aliphatic rings. The van der Waals surface area contributed by atoms with Crippen molar-refractivity contribution >= 4 is 11.6 Å². The van der Waals surface area contributed by atoms with Gasteiger partial charge in [-0.25, -0.2) is 0 Å². The van der Waals surface area contributed by atoms with Crippen LogP contribution < -0.4 is 0 Å². The molecule has 168 valence electrons. The minimum absolute atomic E-state index is 0.102. The predicted octanol–water partition coefficient (Wildman–Crippen LogP) is 6.64. The third kappa shape index (κ3) is 5.35. The summed E-state index contributed by atoms with van der Waals surface area (Å²) in [5.74, 6) is 0.508. The van der Waals surface area contributed by atoms with Crippen LogP contribution in [0.1, 0.15) is 49.3 Å². The second-order valence-corrected chi connectivity index (χ2v) is 9.69. The first-order chi connectivity index (χ1) is 15.4. The van der Waals surface area contributed by atoms with E-state index in [2.05, 4.69) is 79.4 Å². The van der Waals surface area contributed by atoms with Gasteiger partial charge in [0.05, 0.1) is 17.7 Å². The third-order valence-electron chi connectivity index (χ3n) is 6.69. The number of nitrogens with zero attached hydrogens (tertiary/aromatic N) is 1. The number of ether oxygens (including phenoxy) is 1. The van der Waals surface area contributed by atoms with Gasteiger partial charge in [-0.15, -0.1) is 0 Å². The van der Waals surface area contributed by atoms with Crippen LogP contribution in [0.15, 0.2) is 78.9 Å². The molecule has 3 nitrogen and oxygen atoms in total. The molecule has 4 rings (SSSR count). The van der Waals surface area contributed by atoms with E-state index in [0.29, 0.717) is 17.5 Å². The Hall–Kier alpha value is -2.33. The second-order valence-electron chi connectivity index (χ2n) is 9.31. The first-order valence-electron chi connectivity index (χ1n) is 11.4. The standard InChI is InChI=1S/C28H32ClNO2/c1-28(2,30-18-24(19-30)32-20-23-14-9-15-26(31)27(23)29)17-16-25(21-10-5-3-6-11-21)22-12-7-4-8-13-22/h3-15,24-25,31H,16-20H2,1-2H3. The summed E-state index contributed by atoms with van der Waals surface area (Å²) in [5, 5.41) is 10.1. The minimum Gasteiger partial charge on any atom is -0.506 e. The molecular weight excluding hydrogens is 418 g/mol. The number of hydrogen-bond donors (Lipinski definition) is 1. The van der Waals surface area contributed by atoms with Crippen molar-refractivity contribution in [2.45, 2.75) is 50.9 Å². The normalized spacial score (nSPS) is 15.1. The topological polar surface area (TPSA) is 32.7 Å². The highest BCUT2D eigenvalue weighted by molar-refractivity contribution is 6.32. The van der Waals surface area contributed by atoms with E-state index in [1.807, 2.05) is 6.07 Å². The van der Waals surface area contributed by atoms with Crippen molar-refractivity contribution in [2.24, 2.45) is 0 Å². The van der Waals surface area contributed by atoms with Gasteiger partial charge in [0, 0.05) is 30.1 Å². The third-order valence-corrected chi connectivity index (χ3v) is 7.12. The van der Waals surface area contributed by atoms with E-state index in [1.165, 1.54) is 11.1 Å². The van der Waals surface area contributed by atoms with Gasteiger partial charge in [-0.05, 0) is 43.9 Å². The van der Waals surface area contributed by atoms with E-state index in [-0.39, 0.29) is 17.4 Å². The zero-order valence-corrected chi connectivity index (χ0v) is 19.6. The number of phenolic OH excluding ortho intramolecular Hbond substituents is 1. The number of rotatable bonds is 9. The monoisotopic (exact) mass is 449 g/mol. The van der Waals surface area contributed by atoms with Gasteiger partial charge in [0.2, 0.25) is 0 Å². The van der Waals surface area contributed by atoms with Crippen molar-refractivity contribution in [2.75, 3.05) is 13.1 Å². The van der Waals surface area contributed by atoms with Crippen LogP contribution in [0.25, 0.3) is 0 Å². The molecule has 0 spiro atoms. The van der Waals surface area contributed by atoms with Crippen molar-refractivity contribution in [1.29, 1.82) is 0 Å². The number of phenols is 1. The molecule has 0 bridgehead atoms. The molecule has 1 aliphatic heterocycles. The van der Waals surface area contributed by atoms with Crippen LogP contribution in [0.4, 0.5) is 0 Å². The van der Waals surface area contributed by atoms with Gasteiger partial charge in [-0.1, -0.05) is 84.4 Å². The van der Waals surface area contributed by atoms with E-state index in [9.17, 15) is 5.11 Å². The SMILES string of the molecule is CC(C)(CCC(c1ccccc1)c1ccccc1)N1CC(OCc2cccc(O)c2Cl)C1. The Morgan fingerprint density at radius 3 is 2.12 bits per heavy atom. The quantitative estimate of drug-likeness (QED) is 0.397. The molecule has 0 aliphatic carbocycles. The fourth-order valence-corrected chi connectivity index (χ4v) is 4.66. The highest BCUT2D eigenvalue weighted by Gasteiger charge is 2.38. The van der Waals surface area contributed by atoms with Crippen molar-refractivity contribution in [1.82, 2.24) is 4.90 Å². The van der Waals surface area contributed by atoms with Crippen LogP contribution in [0, 0.1) is 0 Å². The number of aromatic hydroxyl groups is 1. The zero-order chi connectivity index (χ0) is 22.6. The minimum atomic E-state index is 0.102. The molecular formula is C28H32ClNO2. The van der Waals surface area contributed by atoms with Gasteiger partial charge < -0.3 is 9.84 Å². The number of benzene rings is 3. The summed E-state index contributed by atoms with van der Waals surface area (Å²) in [6, 6.07) is 26.9. The van der Waals surface area contributed by atoms with Gasteiger partial charge in [0.15, 0.2) is 0 Å². The lowest BCUT2D eigenvalue weighted by molar-refractivity contribution is -0.101. The fraction of sp³-hybridized carbons (Fsp3) is 0.357. The van der Waals surface area contributed by atoms with Crippen LogP contribution >= 0.6 is 11.6 Å². The van der Waals surface area contributed by atoms with Crippen molar-refractivity contribution in [3.05, 3.63) is 101 Å². The molecule has 0 saturated carbocycles. The molecule has 0 aromatic heterocycles. The van der Waals surface area contributed by atoms with E-state index < -0.39 is 0 Å². The number of likely N-dealkylation sites (tertiary alicyclic amines) is 1. The number of halogens is 1. The molecule has 4 heteroatoms. The second kappa shape index (κ2) is 10.1. The average Bonchev–Trinajstić information content (AvgIpc) is 2.77. The Bertz CT molecular complexity index is 961. The summed E-state index contributed by atoms with van der Waals surface area (Å²) >= 11 is 6.17. The molecule has 1 saturated heterocycles. The van der Waals surface area contributed by atoms with E-state index in [1.54, 1.807) is 12.1 Å². The predicted molar refractivity (Wildman–Crippen MR) is 131 cm³/mol. The molecule has 0 unspecified atom stereocenters. The van der Waals surface area contributed by atoms with Gasteiger partial charge >= 0.3 is 0 Å². The van der Waals surface area contributed by atoms with Crippen LogP contribution in [0.3, 0.4) is 0 Å². The van der Waals surface area contributed by atoms with Gasteiger partial charge in [-0.3, -0.25) is 4.90 Å². The summed E-state index contributed by atoms with van der Waals surface area (Å²) < 4.78 is 6.05. The van der Waals surface area contributed by atoms with Crippen LogP contribution in [0.2, 0.25) is 5.02 Å². The van der Waals surface area contributed by atoms with Crippen molar-refractivity contribution in [3.8, 4) is 5.75 Å². The van der Waals surface area contributed by atoms with Gasteiger partial charge in [0.1, 0.15) is 5.75 Å². The highest BCUT2D eigenvalue weighted by atomic mass is 35.5. The Morgan fingerprint density at radius 2 is 1.53 bits per heavy atom. The van der Waals surface area contributed by atoms with Crippen molar-refractivity contribution < 1.29 is 9.84 Å². The van der Waals surface area contributed by atoms with Crippen LogP contribution in [0.5, 0.6) is 5.75 Å². The first-order valence-corrected chi connectivity index (χ1v) is 11.7. The molecule has 0 atom stereocenters. The van der Waals surface area contributed by atoms with E-state index in [0.717, 1.165) is 31.5 Å². The highest BCUT2D eigenvalue weighted by Crippen LogP contribution is 2.35. The molecule has 1 heterocycles. The lowest BCUT2D eigenvalue weighted by Gasteiger charge is -2.49. The van der Waals surface area contributed by atoms with Crippen molar-refractivity contribution in [3.63, 3.8) is 0 Å². The Labute approximate surface area is 196 Å². The summed E-state index contributed by atoms with van der Waals surface area (Å²) in [7, 11) is 0. The summed E-state index contributed by atoms with van der Waals surface area (Å²) in [4.78, 5) is 2.51. The number of hydrogen-bond acceptors (Lipinski definition) is 3. The Morgan fingerprint density at radius 1 is 0.938 bits per heavy atom. The maximum absolute atomic E-state index is 9.76. The molecule has 3 aromatic carbocycles. The molecule has 0 amide bonds. The molecule has 3 aromatic rings. The van der Waals surface area contributed by atoms with Crippen LogP contribution in [-0.4, -0.2) is 34.7 Å². The zero-order valence-electron chi connectivity index (χ0n) is 18.9. The van der Waals surface area contributed by atoms with Gasteiger partial charge in [0.25, 0.3) is 0 Å². The Kier molecular flexibility index (Phi) is 7.20. The fourth-order valence-electron chi connectivity index (χ4n) is 4.48. The van der Waals surface area contributed by atoms with E-state index in [4.69, 9.17) is 16.3 Å². The summed E-state index contributed by atoms with van der Waals surface area (Å²) in [6.07, 6.45) is 2.40. The molecule has 0 radical (unpaired) electrons. The van der Waals surface area contributed by atoms with Crippen LogP contribution in [-0.2, 0) is 11.3 Å². The lowest BCUT2D eigenvalue weighted by Crippen LogP contribution is -2.60. The molecule has 1 fully saturated rings. The maximum Gasteiger partial charge on any atom is 0.134 e. The van der Waals surface area contributed by atoms with E-state index >= 15 is 0 Å². The maximum atomic E-state index is 9.76. The average molecular weight is 450 g/mol. The molecule has 1 N–H and O–H groups in total.